The first kappa shape index (κ1) is 26.5. The Kier molecular flexibility index (Phi) is 11.5. The van der Waals surface area contributed by atoms with Crippen molar-refractivity contribution in [2.24, 2.45) is 16.1 Å². The molecule has 1 amide bonds. The third kappa shape index (κ3) is 7.94. The number of primary amides is 1. The monoisotopic (exact) mass is 531 g/mol. The molecule has 170 valence electrons. The number of likely N-dealkylation sites (tertiary alicyclic amines) is 1. The highest BCUT2D eigenvalue weighted by Gasteiger charge is 2.25. The summed E-state index contributed by atoms with van der Waals surface area (Å²) in [6.45, 7) is 9.68. The summed E-state index contributed by atoms with van der Waals surface area (Å²) in [5, 5.41) is 6.74. The van der Waals surface area contributed by atoms with Crippen LogP contribution >= 0.6 is 24.0 Å². The number of piperidine rings is 1. The van der Waals surface area contributed by atoms with E-state index in [-0.39, 0.29) is 35.9 Å². The highest BCUT2D eigenvalue weighted by atomic mass is 127. The van der Waals surface area contributed by atoms with Crippen molar-refractivity contribution < 1.29 is 9.53 Å². The van der Waals surface area contributed by atoms with Crippen molar-refractivity contribution in [2.45, 2.75) is 46.1 Å². The number of hydrogen-bond donors (Lipinski definition) is 3. The summed E-state index contributed by atoms with van der Waals surface area (Å²) in [4.78, 5) is 18.7. The molecule has 1 atom stereocenters. The number of benzene rings is 1. The Morgan fingerprint density at radius 1 is 1.20 bits per heavy atom. The van der Waals surface area contributed by atoms with Crippen LogP contribution in [-0.2, 0) is 4.79 Å². The van der Waals surface area contributed by atoms with Crippen LogP contribution < -0.4 is 21.1 Å². The Balaban J connectivity index is 0.00000450. The minimum atomic E-state index is -0.676. The lowest BCUT2D eigenvalue weighted by Crippen LogP contribution is -2.45. The average molecular weight is 531 g/mol. The van der Waals surface area contributed by atoms with Gasteiger partial charge in [0.05, 0.1) is 25.1 Å². The Bertz CT molecular complexity index is 673. The second-order valence-electron chi connectivity index (χ2n) is 8.21. The van der Waals surface area contributed by atoms with Gasteiger partial charge in [-0.1, -0.05) is 18.6 Å². The summed E-state index contributed by atoms with van der Waals surface area (Å²) in [6.07, 6.45) is 3.76. The first-order valence-corrected chi connectivity index (χ1v) is 10.6. The van der Waals surface area contributed by atoms with Gasteiger partial charge in [0.2, 0.25) is 5.91 Å². The molecule has 1 unspecified atom stereocenters. The smallest absolute Gasteiger partial charge is 0.224 e. The number of hydrogen-bond acceptors (Lipinski definition) is 4. The minimum Gasteiger partial charge on any atom is -0.497 e. The second kappa shape index (κ2) is 13.0. The first-order chi connectivity index (χ1) is 13.9. The molecule has 1 aromatic carbocycles. The Labute approximate surface area is 198 Å². The number of aliphatic imine (C=N–C) groups is 1. The van der Waals surface area contributed by atoms with Crippen LogP contribution in [0, 0.1) is 5.41 Å². The lowest BCUT2D eigenvalue weighted by Gasteiger charge is -2.35. The molecule has 0 spiro atoms. The number of rotatable bonds is 9. The molecule has 8 heteroatoms. The maximum atomic E-state index is 11.6. The maximum Gasteiger partial charge on any atom is 0.224 e. The summed E-state index contributed by atoms with van der Waals surface area (Å²) in [5.41, 5.74) is 6.07. The standard InChI is InChI=1S/C22H37N5O2.HI/c1-5-24-21(26-16-22(2,3)20(23)28)25-15-19(27-13-7-6-8-14-27)17-9-11-18(29-4)12-10-17;/h9-12,19H,5-8,13-16H2,1-4H3,(H2,23,28)(H2,24,25,26);1H. The highest BCUT2D eigenvalue weighted by molar-refractivity contribution is 14.0. The van der Waals surface area contributed by atoms with Crippen LogP contribution in [0.5, 0.6) is 5.75 Å². The number of nitrogens with zero attached hydrogens (tertiary/aromatic N) is 2. The van der Waals surface area contributed by atoms with E-state index in [9.17, 15) is 4.79 Å². The number of nitrogens with one attached hydrogen (secondary N) is 2. The Hall–Kier alpha value is -1.55. The molecule has 1 aliphatic heterocycles. The van der Waals surface area contributed by atoms with E-state index in [2.05, 4.69) is 32.7 Å². The SMILES string of the molecule is CCNC(=NCC(C)(C)C(N)=O)NCC(c1ccc(OC)cc1)N1CCCCC1.I. The van der Waals surface area contributed by atoms with Gasteiger partial charge < -0.3 is 21.1 Å². The molecule has 1 aliphatic rings. The van der Waals surface area contributed by atoms with Crippen molar-refractivity contribution in [1.82, 2.24) is 15.5 Å². The molecular weight excluding hydrogens is 493 g/mol. The lowest BCUT2D eigenvalue weighted by molar-refractivity contribution is -0.125. The molecule has 1 heterocycles. The molecule has 7 nitrogen and oxygen atoms in total. The molecule has 30 heavy (non-hydrogen) atoms. The first-order valence-electron chi connectivity index (χ1n) is 10.6. The highest BCUT2D eigenvalue weighted by Crippen LogP contribution is 2.26. The zero-order valence-electron chi connectivity index (χ0n) is 18.7. The number of carbonyl (C=O) groups is 1. The van der Waals surface area contributed by atoms with E-state index in [4.69, 9.17) is 10.5 Å². The van der Waals surface area contributed by atoms with Gasteiger partial charge in [-0.25, -0.2) is 0 Å². The zero-order valence-corrected chi connectivity index (χ0v) is 21.1. The molecule has 0 aromatic heterocycles. The van der Waals surface area contributed by atoms with Gasteiger partial charge in [0.15, 0.2) is 5.96 Å². The van der Waals surface area contributed by atoms with Gasteiger partial charge in [0, 0.05) is 13.1 Å². The predicted molar refractivity (Wildman–Crippen MR) is 134 cm³/mol. The van der Waals surface area contributed by atoms with Crippen LogP contribution in [0.4, 0.5) is 0 Å². The zero-order chi connectivity index (χ0) is 21.3. The third-order valence-corrected chi connectivity index (χ3v) is 5.44. The fraction of sp³-hybridized carbons (Fsp3) is 0.636. The van der Waals surface area contributed by atoms with Crippen LogP contribution in [0.15, 0.2) is 29.3 Å². The molecular formula is C22H38IN5O2. The normalized spacial score (nSPS) is 16.3. The molecule has 4 N–H and O–H groups in total. The van der Waals surface area contributed by atoms with Gasteiger partial charge in [-0.05, 0) is 64.4 Å². The fourth-order valence-corrected chi connectivity index (χ4v) is 3.40. The number of amides is 1. The van der Waals surface area contributed by atoms with Crippen LogP contribution in [0.3, 0.4) is 0 Å². The van der Waals surface area contributed by atoms with E-state index in [1.54, 1.807) is 7.11 Å². The van der Waals surface area contributed by atoms with Crippen LogP contribution in [0.2, 0.25) is 0 Å². The van der Waals surface area contributed by atoms with Crippen molar-refractivity contribution in [3.8, 4) is 5.75 Å². The number of nitrogens with two attached hydrogens (primary N) is 1. The molecule has 1 fully saturated rings. The van der Waals surface area contributed by atoms with Gasteiger partial charge in [-0.15, -0.1) is 24.0 Å². The minimum absolute atomic E-state index is 0. The third-order valence-electron chi connectivity index (χ3n) is 5.44. The molecule has 0 aliphatic carbocycles. The molecule has 0 radical (unpaired) electrons. The van der Waals surface area contributed by atoms with E-state index in [1.807, 2.05) is 32.9 Å². The van der Waals surface area contributed by atoms with Crippen molar-refractivity contribution in [1.29, 1.82) is 0 Å². The predicted octanol–water partition coefficient (Wildman–Crippen LogP) is 2.91. The van der Waals surface area contributed by atoms with Gasteiger partial charge in [-0.2, -0.15) is 0 Å². The van der Waals surface area contributed by atoms with Crippen LogP contribution in [0.25, 0.3) is 0 Å². The van der Waals surface area contributed by atoms with Crippen LogP contribution in [-0.4, -0.2) is 56.6 Å². The molecule has 1 saturated heterocycles. The van der Waals surface area contributed by atoms with Gasteiger partial charge in [0.25, 0.3) is 0 Å². The van der Waals surface area contributed by atoms with E-state index >= 15 is 0 Å². The quantitative estimate of drug-likeness (QED) is 0.259. The molecule has 1 aromatic rings. The summed E-state index contributed by atoms with van der Waals surface area (Å²) in [7, 11) is 1.69. The van der Waals surface area contributed by atoms with E-state index < -0.39 is 5.41 Å². The van der Waals surface area contributed by atoms with Crippen LogP contribution in [0.1, 0.15) is 51.6 Å². The van der Waals surface area contributed by atoms with Crippen molar-refractivity contribution in [2.75, 3.05) is 39.8 Å². The maximum absolute atomic E-state index is 11.6. The van der Waals surface area contributed by atoms with Gasteiger partial charge >= 0.3 is 0 Å². The fourth-order valence-electron chi connectivity index (χ4n) is 3.40. The Morgan fingerprint density at radius 2 is 1.83 bits per heavy atom. The van der Waals surface area contributed by atoms with Crippen molar-refractivity contribution in [3.05, 3.63) is 29.8 Å². The molecule has 0 bridgehead atoms. The topological polar surface area (TPSA) is 92.0 Å². The number of methoxy groups -OCH3 is 1. The number of guanidine groups is 1. The van der Waals surface area contributed by atoms with Gasteiger partial charge in [0.1, 0.15) is 5.75 Å². The molecule has 0 saturated carbocycles. The summed E-state index contributed by atoms with van der Waals surface area (Å²) in [6, 6.07) is 8.55. The van der Waals surface area contributed by atoms with Crippen molar-refractivity contribution in [3.63, 3.8) is 0 Å². The second-order valence-corrected chi connectivity index (χ2v) is 8.21. The van der Waals surface area contributed by atoms with E-state index in [0.29, 0.717) is 12.5 Å². The van der Waals surface area contributed by atoms with E-state index in [1.165, 1.54) is 24.8 Å². The van der Waals surface area contributed by atoms with E-state index in [0.717, 1.165) is 31.9 Å². The largest absolute Gasteiger partial charge is 0.497 e. The summed E-state index contributed by atoms with van der Waals surface area (Å²) < 4.78 is 5.31. The Morgan fingerprint density at radius 3 is 2.37 bits per heavy atom. The number of carbonyl (C=O) groups excluding carboxylic acids is 1. The summed E-state index contributed by atoms with van der Waals surface area (Å²) in [5.74, 6) is 1.22. The number of halogens is 1. The lowest BCUT2D eigenvalue weighted by atomic mass is 9.93. The van der Waals surface area contributed by atoms with Crippen molar-refractivity contribution >= 4 is 35.8 Å². The average Bonchev–Trinajstić information content (AvgIpc) is 2.73. The molecule has 2 rings (SSSR count). The van der Waals surface area contributed by atoms with Gasteiger partial charge in [-0.3, -0.25) is 14.7 Å². The number of ether oxygens (including phenoxy) is 1. The summed E-state index contributed by atoms with van der Waals surface area (Å²) >= 11 is 0.